The van der Waals surface area contributed by atoms with Gasteiger partial charge in [0.15, 0.2) is 0 Å². The molecule has 29 heavy (non-hydrogen) atoms. The number of halogens is 1. The van der Waals surface area contributed by atoms with Crippen molar-refractivity contribution < 1.29 is 13.9 Å². The second-order valence-electron chi connectivity index (χ2n) is 7.15. The summed E-state index contributed by atoms with van der Waals surface area (Å²) in [6.45, 7) is 6.58. The van der Waals surface area contributed by atoms with Gasteiger partial charge in [-0.1, -0.05) is 18.2 Å². The summed E-state index contributed by atoms with van der Waals surface area (Å²) in [5.74, 6) is 0.346. The van der Waals surface area contributed by atoms with E-state index in [9.17, 15) is 9.18 Å². The van der Waals surface area contributed by atoms with E-state index in [1.165, 1.54) is 24.3 Å². The van der Waals surface area contributed by atoms with Gasteiger partial charge in [-0.25, -0.2) is 4.39 Å². The first-order valence-corrected chi connectivity index (χ1v) is 9.86. The molecule has 152 valence electrons. The zero-order valence-corrected chi connectivity index (χ0v) is 16.8. The molecule has 0 unspecified atom stereocenters. The average Bonchev–Trinajstić information content (AvgIpc) is 2.73. The summed E-state index contributed by atoms with van der Waals surface area (Å²) in [7, 11) is 2.04. The van der Waals surface area contributed by atoms with E-state index < -0.39 is 0 Å². The Balaban J connectivity index is 1.63. The smallest absolute Gasteiger partial charge is 0.258 e. The molecule has 0 bridgehead atoms. The topological polar surface area (TPSA) is 32.8 Å². The van der Waals surface area contributed by atoms with Gasteiger partial charge in [0.2, 0.25) is 0 Å². The number of aryl methyl sites for hydroxylation is 1. The molecule has 0 N–H and O–H groups in total. The van der Waals surface area contributed by atoms with E-state index in [-0.39, 0.29) is 11.7 Å². The molecule has 5 heteroatoms. The lowest BCUT2D eigenvalue weighted by Crippen LogP contribution is -2.35. The molecule has 0 radical (unpaired) electrons. The Morgan fingerprint density at radius 2 is 2.00 bits per heavy atom. The van der Waals surface area contributed by atoms with Crippen molar-refractivity contribution in [2.24, 2.45) is 0 Å². The summed E-state index contributed by atoms with van der Waals surface area (Å²) in [6.07, 6.45) is 7.75. The average molecular weight is 394 g/mol. The minimum atomic E-state index is -0.344. The van der Waals surface area contributed by atoms with Crippen LogP contribution in [0.5, 0.6) is 5.75 Å². The van der Waals surface area contributed by atoms with Crippen LogP contribution in [0.15, 0.2) is 67.3 Å². The fourth-order valence-corrected chi connectivity index (χ4v) is 3.38. The number of hydrogen-bond acceptors (Lipinski definition) is 3. The molecule has 1 aliphatic heterocycles. The van der Waals surface area contributed by atoms with E-state index >= 15 is 0 Å². The van der Waals surface area contributed by atoms with Gasteiger partial charge in [0, 0.05) is 30.9 Å². The third-order valence-corrected chi connectivity index (χ3v) is 4.88. The monoisotopic (exact) mass is 394 g/mol. The lowest BCUT2D eigenvalue weighted by atomic mass is 10.0. The maximum Gasteiger partial charge on any atom is 0.258 e. The van der Waals surface area contributed by atoms with Crippen LogP contribution in [0.3, 0.4) is 0 Å². The van der Waals surface area contributed by atoms with Crippen molar-refractivity contribution in [3.05, 3.63) is 84.2 Å². The first-order valence-electron chi connectivity index (χ1n) is 9.86. The van der Waals surface area contributed by atoms with Crippen LogP contribution in [0.4, 0.5) is 10.1 Å². The summed E-state index contributed by atoms with van der Waals surface area (Å²) in [5, 5.41) is 0. The highest BCUT2D eigenvalue weighted by atomic mass is 19.1. The van der Waals surface area contributed by atoms with Gasteiger partial charge in [-0.3, -0.25) is 9.69 Å². The van der Waals surface area contributed by atoms with E-state index in [4.69, 9.17) is 4.74 Å². The van der Waals surface area contributed by atoms with E-state index in [2.05, 4.69) is 17.6 Å². The summed E-state index contributed by atoms with van der Waals surface area (Å²) in [4.78, 5) is 16.8. The van der Waals surface area contributed by atoms with Gasteiger partial charge in [-0.15, -0.1) is 6.58 Å². The normalized spacial score (nSPS) is 13.6. The Labute approximate surface area is 171 Å². The third-order valence-electron chi connectivity index (χ3n) is 4.88. The molecular formula is C24H27FN2O2. The molecule has 0 saturated carbocycles. The number of carbonyl (C=O) groups is 1. The summed E-state index contributed by atoms with van der Waals surface area (Å²) in [5.41, 5.74) is 2.49. The zero-order chi connectivity index (χ0) is 20.6. The summed E-state index contributed by atoms with van der Waals surface area (Å²) < 4.78 is 19.0. The van der Waals surface area contributed by atoms with E-state index in [1.807, 2.05) is 37.4 Å². The van der Waals surface area contributed by atoms with Crippen molar-refractivity contribution in [2.45, 2.75) is 12.8 Å². The number of hydrogen-bond donors (Lipinski definition) is 0. The Morgan fingerprint density at radius 3 is 2.76 bits per heavy atom. The van der Waals surface area contributed by atoms with E-state index in [1.54, 1.807) is 4.90 Å². The van der Waals surface area contributed by atoms with Gasteiger partial charge in [0.05, 0.1) is 0 Å². The lowest BCUT2D eigenvalue weighted by molar-refractivity contribution is 0.0985. The van der Waals surface area contributed by atoms with Crippen LogP contribution in [0.25, 0.3) is 0 Å². The molecule has 2 aromatic rings. The summed E-state index contributed by atoms with van der Waals surface area (Å²) in [6, 6.07) is 11.5. The highest BCUT2D eigenvalue weighted by Gasteiger charge is 2.24. The highest BCUT2D eigenvalue weighted by Crippen LogP contribution is 2.31. The van der Waals surface area contributed by atoms with Crippen LogP contribution in [-0.2, 0) is 6.42 Å². The predicted octanol–water partition coefficient (Wildman–Crippen LogP) is 4.47. The standard InChI is InChI=1S/C24H27FN2O2/c1-3-14-26(2)15-4-5-17-29-22-12-13-23-20(18-22)7-6-16-27(23)24(28)19-8-10-21(25)11-9-19/h3-5,8-13,18H,1,6-7,14-17H2,2H3/b5-4+. The quantitative estimate of drug-likeness (QED) is 0.619. The highest BCUT2D eigenvalue weighted by molar-refractivity contribution is 6.06. The second-order valence-corrected chi connectivity index (χ2v) is 7.15. The van der Waals surface area contributed by atoms with E-state index in [0.717, 1.165) is 42.9 Å². The molecule has 0 aliphatic carbocycles. The number of benzene rings is 2. The van der Waals surface area contributed by atoms with Gasteiger partial charge in [0.1, 0.15) is 18.2 Å². The maximum atomic E-state index is 13.1. The molecule has 2 aromatic carbocycles. The van der Waals surface area contributed by atoms with Gasteiger partial charge >= 0.3 is 0 Å². The number of amides is 1. The molecule has 0 aromatic heterocycles. The molecule has 1 amide bonds. The van der Waals surface area contributed by atoms with Gasteiger partial charge in [-0.2, -0.15) is 0 Å². The van der Waals surface area contributed by atoms with Crippen LogP contribution in [0.2, 0.25) is 0 Å². The molecule has 0 saturated heterocycles. The van der Waals surface area contributed by atoms with E-state index in [0.29, 0.717) is 18.7 Å². The number of nitrogens with zero attached hydrogens (tertiary/aromatic N) is 2. The van der Waals surface area contributed by atoms with Gasteiger partial charge in [-0.05, 0) is 67.9 Å². The molecular weight excluding hydrogens is 367 g/mol. The first kappa shape index (κ1) is 20.8. The molecule has 1 heterocycles. The van der Waals surface area contributed by atoms with Crippen LogP contribution in [0.1, 0.15) is 22.3 Å². The number of likely N-dealkylation sites (N-methyl/N-ethyl adjacent to an activating group) is 1. The Morgan fingerprint density at radius 1 is 1.21 bits per heavy atom. The Hall–Kier alpha value is -2.92. The van der Waals surface area contributed by atoms with Crippen LogP contribution < -0.4 is 9.64 Å². The minimum Gasteiger partial charge on any atom is -0.490 e. The molecule has 0 fully saturated rings. The van der Waals surface area contributed by atoms with Crippen LogP contribution in [-0.4, -0.2) is 44.1 Å². The van der Waals surface area contributed by atoms with Crippen molar-refractivity contribution in [3.8, 4) is 5.75 Å². The Bertz CT molecular complexity index is 877. The van der Waals surface area contributed by atoms with Crippen LogP contribution >= 0.6 is 0 Å². The first-order chi connectivity index (χ1) is 14.1. The van der Waals surface area contributed by atoms with Crippen LogP contribution in [0, 0.1) is 5.82 Å². The number of rotatable bonds is 8. The van der Waals surface area contributed by atoms with Crippen molar-refractivity contribution in [1.82, 2.24) is 4.90 Å². The molecule has 0 atom stereocenters. The van der Waals surface area contributed by atoms with Gasteiger partial charge in [0.25, 0.3) is 5.91 Å². The van der Waals surface area contributed by atoms with Gasteiger partial charge < -0.3 is 9.64 Å². The SMILES string of the molecule is C=CCN(C)C/C=C/COc1ccc2c(c1)CCCN2C(=O)c1ccc(F)cc1. The zero-order valence-electron chi connectivity index (χ0n) is 16.8. The minimum absolute atomic E-state index is 0.105. The number of carbonyl (C=O) groups excluding carboxylic acids is 1. The summed E-state index contributed by atoms with van der Waals surface area (Å²) >= 11 is 0. The fraction of sp³-hybridized carbons (Fsp3) is 0.292. The van der Waals surface area contributed by atoms with Crippen molar-refractivity contribution >= 4 is 11.6 Å². The van der Waals surface area contributed by atoms with Crippen molar-refractivity contribution in [2.75, 3.05) is 38.2 Å². The molecule has 0 spiro atoms. The third kappa shape index (κ3) is 5.55. The predicted molar refractivity (Wildman–Crippen MR) is 115 cm³/mol. The number of ether oxygens (including phenoxy) is 1. The largest absolute Gasteiger partial charge is 0.490 e. The fourth-order valence-electron chi connectivity index (χ4n) is 3.38. The lowest BCUT2D eigenvalue weighted by Gasteiger charge is -2.30. The molecule has 3 rings (SSSR count). The maximum absolute atomic E-state index is 13.1. The molecule has 1 aliphatic rings. The number of anilines is 1. The Kier molecular flexibility index (Phi) is 7.19. The van der Waals surface area contributed by atoms with Crippen molar-refractivity contribution in [3.63, 3.8) is 0 Å². The van der Waals surface area contributed by atoms with Crippen molar-refractivity contribution in [1.29, 1.82) is 0 Å². The second kappa shape index (κ2) is 10.0. The number of fused-ring (bicyclic) bond motifs is 1. The molecule has 4 nitrogen and oxygen atoms in total.